The summed E-state index contributed by atoms with van der Waals surface area (Å²) in [4.78, 5) is 40.6. The van der Waals surface area contributed by atoms with Crippen LogP contribution in [0, 0.1) is 5.92 Å². The molecule has 2 amide bonds. The van der Waals surface area contributed by atoms with Gasteiger partial charge >= 0.3 is 5.97 Å². The maximum Gasteiger partial charge on any atom is 0.313 e. The number of esters is 1. The number of hydrogen-bond acceptors (Lipinski definition) is 5. The molecule has 0 radical (unpaired) electrons. The van der Waals surface area contributed by atoms with E-state index in [2.05, 4.69) is 5.32 Å². The van der Waals surface area contributed by atoms with Gasteiger partial charge in [-0.15, -0.1) is 0 Å². The molecule has 8 heteroatoms. The van der Waals surface area contributed by atoms with Crippen molar-refractivity contribution in [1.29, 1.82) is 0 Å². The SMILES string of the molecule is O=C(OCC(=O)N1c2ccccc2NC(=O)C12CCCC2)C1COc2ccc(Cl)cc2C1. The van der Waals surface area contributed by atoms with Crippen molar-refractivity contribution < 1.29 is 23.9 Å². The van der Waals surface area contributed by atoms with E-state index in [1.54, 1.807) is 29.2 Å². The first-order valence-corrected chi connectivity index (χ1v) is 11.2. The molecule has 1 atom stereocenters. The molecule has 2 aliphatic heterocycles. The van der Waals surface area contributed by atoms with Gasteiger partial charge in [0.15, 0.2) is 6.61 Å². The Morgan fingerprint density at radius 2 is 1.97 bits per heavy atom. The predicted octanol–water partition coefficient (Wildman–Crippen LogP) is 3.73. The number of hydrogen-bond donors (Lipinski definition) is 1. The van der Waals surface area contributed by atoms with Crippen molar-refractivity contribution in [1.82, 2.24) is 0 Å². The van der Waals surface area contributed by atoms with Crippen molar-refractivity contribution >= 4 is 40.8 Å². The molecule has 1 fully saturated rings. The summed E-state index contributed by atoms with van der Waals surface area (Å²) < 4.78 is 11.1. The second-order valence-corrected chi connectivity index (χ2v) is 8.95. The number of carbonyl (C=O) groups is 3. The number of anilines is 2. The Kier molecular flexibility index (Phi) is 5.29. The fourth-order valence-corrected chi connectivity index (χ4v) is 5.15. The first-order chi connectivity index (χ1) is 15.5. The molecule has 1 spiro atoms. The van der Waals surface area contributed by atoms with Crippen molar-refractivity contribution in [2.45, 2.75) is 37.6 Å². The van der Waals surface area contributed by atoms with Crippen molar-refractivity contribution in [3.05, 3.63) is 53.1 Å². The van der Waals surface area contributed by atoms with Crippen LogP contribution in [0.4, 0.5) is 11.4 Å². The van der Waals surface area contributed by atoms with Gasteiger partial charge in [0.1, 0.15) is 17.9 Å². The van der Waals surface area contributed by atoms with Crippen LogP contribution in [0.25, 0.3) is 0 Å². The van der Waals surface area contributed by atoms with Crippen LogP contribution in [0.3, 0.4) is 0 Å². The molecular weight excluding hydrogens is 432 g/mol. The summed E-state index contributed by atoms with van der Waals surface area (Å²) in [5.41, 5.74) is 1.13. The van der Waals surface area contributed by atoms with Gasteiger partial charge in [-0.3, -0.25) is 19.3 Å². The fourth-order valence-electron chi connectivity index (χ4n) is 4.96. The highest BCUT2D eigenvalue weighted by molar-refractivity contribution is 6.30. The van der Waals surface area contributed by atoms with Gasteiger partial charge in [-0.1, -0.05) is 36.6 Å². The van der Waals surface area contributed by atoms with Gasteiger partial charge in [0.25, 0.3) is 11.8 Å². The highest BCUT2D eigenvalue weighted by Gasteiger charge is 2.52. The molecule has 0 aromatic heterocycles. The van der Waals surface area contributed by atoms with Crippen LogP contribution < -0.4 is 15.0 Å². The molecule has 0 bridgehead atoms. The van der Waals surface area contributed by atoms with E-state index in [-0.39, 0.29) is 12.5 Å². The molecule has 5 rings (SSSR count). The van der Waals surface area contributed by atoms with Crippen molar-refractivity contribution in [3.8, 4) is 5.75 Å². The van der Waals surface area contributed by atoms with Crippen molar-refractivity contribution in [2.75, 3.05) is 23.4 Å². The molecule has 1 N–H and O–H groups in total. The Bertz CT molecular complexity index is 1100. The summed E-state index contributed by atoms with van der Waals surface area (Å²) >= 11 is 6.05. The highest BCUT2D eigenvalue weighted by atomic mass is 35.5. The second kappa shape index (κ2) is 8.13. The standard InChI is InChI=1S/C24H23ClN2O5/c25-17-7-8-20-15(12-17)11-16(13-31-20)22(29)32-14-21(28)27-19-6-2-1-5-18(19)26-23(30)24(27)9-3-4-10-24/h1-2,5-8,12,16H,3-4,9-11,13-14H2,(H,26,30). The van der Waals surface area contributed by atoms with Gasteiger partial charge in [0, 0.05) is 5.02 Å². The first kappa shape index (κ1) is 20.8. The number of amides is 2. The van der Waals surface area contributed by atoms with Gasteiger partial charge in [-0.2, -0.15) is 0 Å². The first-order valence-electron chi connectivity index (χ1n) is 10.8. The Morgan fingerprint density at radius 3 is 2.78 bits per heavy atom. The van der Waals surface area contributed by atoms with Gasteiger partial charge in [0.05, 0.1) is 17.3 Å². The molecule has 1 aliphatic carbocycles. The van der Waals surface area contributed by atoms with Crippen LogP contribution in [-0.2, 0) is 25.5 Å². The van der Waals surface area contributed by atoms with Crippen LogP contribution >= 0.6 is 11.6 Å². The average Bonchev–Trinajstić information content (AvgIpc) is 3.28. The maximum atomic E-state index is 13.3. The highest BCUT2D eigenvalue weighted by Crippen LogP contribution is 2.45. The Balaban J connectivity index is 1.32. The minimum Gasteiger partial charge on any atom is -0.492 e. The number of nitrogens with one attached hydrogen (secondary N) is 1. The van der Waals surface area contributed by atoms with Gasteiger partial charge in [0.2, 0.25) is 0 Å². The molecule has 1 saturated carbocycles. The molecule has 2 aromatic carbocycles. The zero-order chi connectivity index (χ0) is 22.3. The maximum absolute atomic E-state index is 13.3. The minimum atomic E-state index is -0.929. The Hall–Kier alpha value is -3.06. The average molecular weight is 455 g/mol. The van der Waals surface area contributed by atoms with E-state index in [1.165, 1.54) is 0 Å². The summed E-state index contributed by atoms with van der Waals surface area (Å²) in [7, 11) is 0. The molecule has 2 heterocycles. The van der Waals surface area contributed by atoms with E-state index in [1.807, 2.05) is 18.2 Å². The predicted molar refractivity (Wildman–Crippen MR) is 119 cm³/mol. The quantitative estimate of drug-likeness (QED) is 0.714. The number of carbonyl (C=O) groups excluding carboxylic acids is 3. The minimum absolute atomic E-state index is 0.178. The molecule has 0 saturated heterocycles. The van der Waals surface area contributed by atoms with Gasteiger partial charge < -0.3 is 14.8 Å². The van der Waals surface area contributed by atoms with E-state index in [0.29, 0.717) is 41.4 Å². The zero-order valence-corrected chi connectivity index (χ0v) is 18.2. The molecule has 2 aromatic rings. The second-order valence-electron chi connectivity index (χ2n) is 8.51. The van der Waals surface area contributed by atoms with Gasteiger partial charge in [-0.05, 0) is 55.2 Å². The lowest BCUT2D eigenvalue weighted by Crippen LogP contribution is -2.61. The normalized spacial score (nSPS) is 20.7. The van der Waals surface area contributed by atoms with E-state index in [9.17, 15) is 14.4 Å². The molecule has 7 nitrogen and oxygen atoms in total. The number of nitrogens with zero attached hydrogens (tertiary/aromatic N) is 1. The summed E-state index contributed by atoms with van der Waals surface area (Å²) in [6.45, 7) is -0.248. The third-order valence-electron chi connectivity index (χ3n) is 6.52. The number of fused-ring (bicyclic) bond motifs is 2. The van der Waals surface area contributed by atoms with E-state index in [4.69, 9.17) is 21.1 Å². The monoisotopic (exact) mass is 454 g/mol. The molecule has 3 aliphatic rings. The number of para-hydroxylation sites is 2. The Morgan fingerprint density at radius 1 is 1.19 bits per heavy atom. The van der Waals surface area contributed by atoms with Gasteiger partial charge in [-0.25, -0.2) is 0 Å². The lowest BCUT2D eigenvalue weighted by molar-refractivity contribution is -0.153. The topological polar surface area (TPSA) is 84.9 Å². The smallest absolute Gasteiger partial charge is 0.313 e. The Labute approximate surface area is 190 Å². The summed E-state index contributed by atoms with van der Waals surface area (Å²) in [6.07, 6.45) is 3.32. The van der Waals surface area contributed by atoms with E-state index >= 15 is 0 Å². The van der Waals surface area contributed by atoms with Crippen molar-refractivity contribution in [2.24, 2.45) is 5.92 Å². The van der Waals surface area contributed by atoms with Crippen LogP contribution in [0.15, 0.2) is 42.5 Å². The molecule has 166 valence electrons. The third-order valence-corrected chi connectivity index (χ3v) is 6.76. The molecule has 32 heavy (non-hydrogen) atoms. The molecule has 1 unspecified atom stereocenters. The lowest BCUT2D eigenvalue weighted by Gasteiger charge is -2.44. The number of benzene rings is 2. The third kappa shape index (κ3) is 3.50. The number of halogens is 1. The van der Waals surface area contributed by atoms with Crippen LogP contribution in [0.1, 0.15) is 31.2 Å². The summed E-state index contributed by atoms with van der Waals surface area (Å²) in [6, 6.07) is 12.5. The molecular formula is C24H23ClN2O5. The summed E-state index contributed by atoms with van der Waals surface area (Å²) in [5, 5.41) is 3.51. The van der Waals surface area contributed by atoms with Crippen LogP contribution in [0.2, 0.25) is 5.02 Å². The van der Waals surface area contributed by atoms with E-state index in [0.717, 1.165) is 18.4 Å². The fraction of sp³-hybridized carbons (Fsp3) is 0.375. The van der Waals surface area contributed by atoms with Crippen LogP contribution in [-0.4, -0.2) is 36.5 Å². The number of rotatable bonds is 3. The van der Waals surface area contributed by atoms with Crippen molar-refractivity contribution in [3.63, 3.8) is 0 Å². The van der Waals surface area contributed by atoms with E-state index < -0.39 is 29.9 Å². The zero-order valence-electron chi connectivity index (χ0n) is 17.4. The number of ether oxygens (including phenoxy) is 2. The van der Waals surface area contributed by atoms with Crippen LogP contribution in [0.5, 0.6) is 5.75 Å². The lowest BCUT2D eigenvalue weighted by atomic mass is 9.90. The largest absolute Gasteiger partial charge is 0.492 e. The summed E-state index contributed by atoms with van der Waals surface area (Å²) in [5.74, 6) is -0.899.